The van der Waals surface area contributed by atoms with Crippen LogP contribution in [0, 0.1) is 0 Å². The molecule has 0 aliphatic heterocycles. The maximum Gasteiger partial charge on any atom is 0.269 e. The second-order valence-electron chi connectivity index (χ2n) is 4.64. The lowest BCUT2D eigenvalue weighted by Gasteiger charge is -2.03. The Kier molecular flexibility index (Phi) is 3.12. The Morgan fingerprint density at radius 1 is 1.30 bits per heavy atom. The van der Waals surface area contributed by atoms with Gasteiger partial charge in [0.15, 0.2) is 0 Å². The molecular weight excluding hydrogens is 254 g/mol. The van der Waals surface area contributed by atoms with E-state index in [0.717, 1.165) is 21.8 Å². The van der Waals surface area contributed by atoms with Gasteiger partial charge < -0.3 is 15.0 Å². The van der Waals surface area contributed by atoms with Gasteiger partial charge in [0, 0.05) is 29.9 Å². The van der Waals surface area contributed by atoms with Crippen LogP contribution in [0.3, 0.4) is 0 Å². The summed E-state index contributed by atoms with van der Waals surface area (Å²) in [6, 6.07) is 9.84. The Morgan fingerprint density at radius 2 is 2.10 bits per heavy atom. The molecule has 1 aromatic carbocycles. The highest BCUT2D eigenvalue weighted by molar-refractivity contribution is 6.09. The Balaban J connectivity index is 2.15. The third-order valence-corrected chi connectivity index (χ3v) is 3.43. The first-order valence-corrected chi connectivity index (χ1v) is 6.44. The number of pyridine rings is 1. The number of hydrogen-bond acceptors (Lipinski definition) is 3. The molecule has 3 rings (SSSR count). The summed E-state index contributed by atoms with van der Waals surface area (Å²) in [7, 11) is 1.98. The second kappa shape index (κ2) is 4.94. The fraction of sp³-hybridized carbons (Fsp3) is 0.200. The van der Waals surface area contributed by atoms with Gasteiger partial charge >= 0.3 is 0 Å². The molecule has 0 saturated carbocycles. The lowest BCUT2D eigenvalue weighted by atomic mass is 10.1. The Hall–Kier alpha value is -2.40. The number of amides is 1. The number of benzene rings is 1. The second-order valence-corrected chi connectivity index (χ2v) is 4.64. The number of nitrogens with zero attached hydrogens (tertiary/aromatic N) is 2. The molecule has 20 heavy (non-hydrogen) atoms. The van der Waals surface area contributed by atoms with Crippen LogP contribution in [0.15, 0.2) is 36.5 Å². The maximum absolute atomic E-state index is 11.9. The van der Waals surface area contributed by atoms with Gasteiger partial charge in [0.25, 0.3) is 5.91 Å². The van der Waals surface area contributed by atoms with Gasteiger partial charge in [0.05, 0.1) is 18.3 Å². The summed E-state index contributed by atoms with van der Waals surface area (Å²) in [6.07, 6.45) is 1.71. The topological polar surface area (TPSA) is 67.2 Å². The number of aliphatic hydroxyl groups excluding tert-OH is 1. The fourth-order valence-corrected chi connectivity index (χ4v) is 2.44. The zero-order valence-corrected chi connectivity index (χ0v) is 11.1. The molecular formula is C15H15N3O2. The van der Waals surface area contributed by atoms with E-state index in [-0.39, 0.29) is 19.1 Å². The van der Waals surface area contributed by atoms with Crippen LogP contribution < -0.4 is 5.32 Å². The predicted octanol–water partition coefficient (Wildman–Crippen LogP) is 1.45. The molecule has 0 spiro atoms. The number of fused-ring (bicyclic) bond motifs is 3. The van der Waals surface area contributed by atoms with E-state index in [0.29, 0.717) is 5.69 Å². The summed E-state index contributed by atoms with van der Waals surface area (Å²) in [4.78, 5) is 16.1. The van der Waals surface area contributed by atoms with Crippen LogP contribution in [-0.4, -0.2) is 33.7 Å². The quantitative estimate of drug-likeness (QED) is 0.756. The van der Waals surface area contributed by atoms with Gasteiger partial charge in [-0.25, -0.2) is 4.98 Å². The van der Waals surface area contributed by atoms with Gasteiger partial charge in [-0.15, -0.1) is 0 Å². The molecule has 102 valence electrons. The van der Waals surface area contributed by atoms with Crippen LogP contribution in [0.2, 0.25) is 0 Å². The highest BCUT2D eigenvalue weighted by Crippen LogP contribution is 2.27. The number of carbonyl (C=O) groups is 1. The minimum Gasteiger partial charge on any atom is -0.395 e. The van der Waals surface area contributed by atoms with Crippen LogP contribution in [0.25, 0.3) is 21.8 Å². The molecule has 0 radical (unpaired) electrons. The van der Waals surface area contributed by atoms with Crippen LogP contribution >= 0.6 is 0 Å². The van der Waals surface area contributed by atoms with E-state index in [9.17, 15) is 4.79 Å². The molecule has 5 nitrogen and oxygen atoms in total. The fourth-order valence-electron chi connectivity index (χ4n) is 2.44. The van der Waals surface area contributed by atoms with E-state index in [1.165, 1.54) is 0 Å². The third-order valence-electron chi connectivity index (χ3n) is 3.43. The van der Waals surface area contributed by atoms with Crippen molar-refractivity contribution in [3.8, 4) is 0 Å². The first kappa shape index (κ1) is 12.6. The van der Waals surface area contributed by atoms with E-state index in [1.807, 2.05) is 31.3 Å². The predicted molar refractivity (Wildman–Crippen MR) is 77.6 cm³/mol. The molecule has 0 saturated heterocycles. The van der Waals surface area contributed by atoms with Crippen molar-refractivity contribution in [2.75, 3.05) is 13.2 Å². The number of hydrogen-bond donors (Lipinski definition) is 2. The zero-order chi connectivity index (χ0) is 14.1. The molecule has 0 unspecified atom stereocenters. The number of aliphatic hydroxyl groups is 1. The van der Waals surface area contributed by atoms with Crippen molar-refractivity contribution < 1.29 is 9.90 Å². The molecule has 2 N–H and O–H groups in total. The number of aryl methyl sites for hydroxylation is 1. The normalized spacial score (nSPS) is 11.1. The summed E-state index contributed by atoms with van der Waals surface area (Å²) in [6.45, 7) is 0.149. The standard InChI is InChI=1S/C15H15N3O2/c1-18-13-5-3-2-4-10(13)11-8-12(17-9-14(11)18)15(20)16-6-7-19/h2-5,8-9,19H,6-7H2,1H3,(H,16,20). The first-order chi connectivity index (χ1) is 9.72. The highest BCUT2D eigenvalue weighted by Gasteiger charge is 2.12. The molecule has 0 atom stereocenters. The number of para-hydroxylation sites is 1. The smallest absolute Gasteiger partial charge is 0.269 e. The minimum absolute atomic E-state index is 0.0811. The lowest BCUT2D eigenvalue weighted by molar-refractivity contribution is 0.0940. The monoisotopic (exact) mass is 269 g/mol. The molecule has 0 aliphatic rings. The summed E-state index contributed by atoms with van der Waals surface area (Å²) >= 11 is 0. The summed E-state index contributed by atoms with van der Waals surface area (Å²) < 4.78 is 2.06. The van der Waals surface area contributed by atoms with E-state index in [1.54, 1.807) is 12.3 Å². The SMILES string of the molecule is Cn1c2ccccc2c2cc(C(=O)NCCO)ncc21. The van der Waals surface area contributed by atoms with Crippen molar-refractivity contribution in [1.82, 2.24) is 14.9 Å². The number of nitrogens with one attached hydrogen (secondary N) is 1. The van der Waals surface area contributed by atoms with E-state index >= 15 is 0 Å². The van der Waals surface area contributed by atoms with Gasteiger partial charge in [-0.1, -0.05) is 18.2 Å². The van der Waals surface area contributed by atoms with E-state index < -0.39 is 0 Å². The van der Waals surface area contributed by atoms with Gasteiger partial charge in [0.2, 0.25) is 0 Å². The Bertz CT molecular complexity index is 792. The Morgan fingerprint density at radius 3 is 2.90 bits per heavy atom. The van der Waals surface area contributed by atoms with Gasteiger partial charge in [-0.3, -0.25) is 4.79 Å². The summed E-state index contributed by atoms with van der Waals surface area (Å²) in [5, 5.41) is 13.5. The lowest BCUT2D eigenvalue weighted by Crippen LogP contribution is -2.27. The van der Waals surface area contributed by atoms with Crippen molar-refractivity contribution >= 4 is 27.7 Å². The van der Waals surface area contributed by atoms with Crippen LogP contribution in [-0.2, 0) is 7.05 Å². The first-order valence-electron chi connectivity index (χ1n) is 6.44. The zero-order valence-electron chi connectivity index (χ0n) is 11.1. The van der Waals surface area contributed by atoms with Crippen molar-refractivity contribution in [3.63, 3.8) is 0 Å². The van der Waals surface area contributed by atoms with Gasteiger partial charge in [0.1, 0.15) is 5.69 Å². The third kappa shape index (κ3) is 1.92. The van der Waals surface area contributed by atoms with Crippen molar-refractivity contribution in [1.29, 1.82) is 0 Å². The molecule has 2 heterocycles. The summed E-state index contributed by atoms with van der Waals surface area (Å²) in [5.41, 5.74) is 2.46. The molecule has 0 fully saturated rings. The molecule has 0 aliphatic carbocycles. The largest absolute Gasteiger partial charge is 0.395 e. The molecule has 3 aromatic rings. The number of carbonyl (C=O) groups excluding carboxylic acids is 1. The van der Waals surface area contributed by atoms with Crippen molar-refractivity contribution in [2.24, 2.45) is 7.05 Å². The summed E-state index contributed by atoms with van der Waals surface area (Å²) in [5.74, 6) is -0.270. The van der Waals surface area contributed by atoms with Crippen LogP contribution in [0.1, 0.15) is 10.5 Å². The van der Waals surface area contributed by atoms with Crippen molar-refractivity contribution in [2.45, 2.75) is 0 Å². The van der Waals surface area contributed by atoms with Crippen LogP contribution in [0.5, 0.6) is 0 Å². The number of aromatic nitrogens is 2. The molecule has 0 bridgehead atoms. The van der Waals surface area contributed by atoms with Crippen LogP contribution in [0.4, 0.5) is 0 Å². The average Bonchev–Trinajstić information content (AvgIpc) is 2.78. The Labute approximate surface area is 115 Å². The maximum atomic E-state index is 11.9. The minimum atomic E-state index is -0.270. The number of rotatable bonds is 3. The molecule has 1 amide bonds. The van der Waals surface area contributed by atoms with Gasteiger partial charge in [-0.05, 0) is 12.1 Å². The van der Waals surface area contributed by atoms with E-state index in [4.69, 9.17) is 5.11 Å². The molecule has 5 heteroatoms. The van der Waals surface area contributed by atoms with Crippen molar-refractivity contribution in [3.05, 3.63) is 42.2 Å². The molecule has 2 aromatic heterocycles. The van der Waals surface area contributed by atoms with E-state index in [2.05, 4.69) is 14.9 Å². The average molecular weight is 269 g/mol. The highest BCUT2D eigenvalue weighted by atomic mass is 16.3. The van der Waals surface area contributed by atoms with Gasteiger partial charge in [-0.2, -0.15) is 0 Å².